The van der Waals surface area contributed by atoms with Crippen LogP contribution in [-0.2, 0) is 9.59 Å². The molecule has 0 N–H and O–H groups in total. The van der Waals surface area contributed by atoms with E-state index in [0.717, 1.165) is 22.2 Å². The topological polar surface area (TPSA) is 50.3 Å². The molecule has 23 heavy (non-hydrogen) atoms. The Morgan fingerprint density at radius 3 is 2.48 bits per heavy atom. The summed E-state index contributed by atoms with van der Waals surface area (Å²) in [5.74, 6) is -0.0999. The molecule has 2 fully saturated rings. The molecule has 1 saturated heterocycles. The smallest absolute Gasteiger partial charge is 0.240 e. The van der Waals surface area contributed by atoms with Crippen LogP contribution < -0.4 is 4.90 Å². The monoisotopic (exact) mass is 344 g/mol. The highest BCUT2D eigenvalue weighted by atomic mass is 35.5. The van der Waals surface area contributed by atoms with Gasteiger partial charge in [0.2, 0.25) is 11.8 Å². The lowest BCUT2D eigenvalue weighted by Gasteiger charge is -2.14. The van der Waals surface area contributed by atoms with E-state index in [4.69, 9.17) is 11.6 Å². The van der Waals surface area contributed by atoms with E-state index in [0.29, 0.717) is 10.2 Å². The van der Waals surface area contributed by atoms with Crippen molar-refractivity contribution in [3.8, 4) is 0 Å². The molecule has 2 aromatic rings. The predicted molar refractivity (Wildman–Crippen MR) is 89.6 cm³/mol. The molecule has 4 atom stereocenters. The number of allylic oxidation sites excluding steroid dienone is 2. The number of carbonyl (C=O) groups is 2. The lowest BCUT2D eigenvalue weighted by Crippen LogP contribution is -2.32. The number of aromatic nitrogens is 1. The fourth-order valence-corrected chi connectivity index (χ4v) is 5.44. The number of fused-ring (bicyclic) bond motifs is 6. The molecule has 1 aliphatic heterocycles. The molecule has 4 nitrogen and oxygen atoms in total. The number of carbonyl (C=O) groups excluding carboxylic acids is 2. The summed E-state index contributed by atoms with van der Waals surface area (Å²) in [5.41, 5.74) is 1.70. The molecule has 1 aromatic carbocycles. The number of amides is 2. The zero-order chi connectivity index (χ0) is 15.9. The van der Waals surface area contributed by atoms with E-state index in [-0.39, 0.29) is 35.5 Å². The average molecular weight is 345 g/mol. The minimum atomic E-state index is -0.185. The second-order valence-electron chi connectivity index (χ2n) is 6.58. The Morgan fingerprint density at radius 2 is 1.83 bits per heavy atom. The molecule has 6 heteroatoms. The molecular formula is C17H13ClN2O2S. The summed E-state index contributed by atoms with van der Waals surface area (Å²) in [6.07, 6.45) is 5.14. The van der Waals surface area contributed by atoms with Gasteiger partial charge in [0.15, 0.2) is 5.13 Å². The summed E-state index contributed by atoms with van der Waals surface area (Å²) in [6, 6.07) is 3.75. The van der Waals surface area contributed by atoms with Gasteiger partial charge in [-0.1, -0.05) is 35.1 Å². The molecule has 2 aliphatic carbocycles. The summed E-state index contributed by atoms with van der Waals surface area (Å²) < 4.78 is 0.945. The zero-order valence-corrected chi connectivity index (χ0v) is 13.9. The van der Waals surface area contributed by atoms with E-state index in [1.807, 2.05) is 13.0 Å². The summed E-state index contributed by atoms with van der Waals surface area (Å²) in [6.45, 7) is 1.93. The fourth-order valence-electron chi connectivity index (χ4n) is 4.22. The van der Waals surface area contributed by atoms with Gasteiger partial charge in [-0.2, -0.15) is 0 Å². The van der Waals surface area contributed by atoms with Crippen LogP contribution in [0.15, 0.2) is 24.3 Å². The molecule has 0 radical (unpaired) electrons. The van der Waals surface area contributed by atoms with Crippen molar-refractivity contribution in [2.45, 2.75) is 13.3 Å². The van der Waals surface area contributed by atoms with Gasteiger partial charge in [-0.15, -0.1) is 0 Å². The number of nitrogens with zero attached hydrogens (tertiary/aromatic N) is 2. The fraction of sp³-hybridized carbons (Fsp3) is 0.353. The molecule has 116 valence electrons. The third kappa shape index (κ3) is 1.69. The van der Waals surface area contributed by atoms with Gasteiger partial charge in [0, 0.05) is 5.02 Å². The Labute approximate surface area is 141 Å². The Hall–Kier alpha value is -1.72. The van der Waals surface area contributed by atoms with E-state index in [1.165, 1.54) is 16.2 Å². The van der Waals surface area contributed by atoms with E-state index in [1.54, 1.807) is 6.07 Å². The zero-order valence-electron chi connectivity index (χ0n) is 12.3. The SMILES string of the molecule is Cc1cc2sc(N3C(=O)[C@@H]4[C@H](C3=O)[C@@H]3C=C[C@H]4C3)nc2cc1Cl. The van der Waals surface area contributed by atoms with Crippen molar-refractivity contribution >= 4 is 50.1 Å². The van der Waals surface area contributed by atoms with Crippen LogP contribution in [0.25, 0.3) is 10.2 Å². The number of halogens is 1. The Morgan fingerprint density at radius 1 is 1.17 bits per heavy atom. The molecule has 5 rings (SSSR count). The molecule has 2 heterocycles. The highest BCUT2D eigenvalue weighted by Crippen LogP contribution is 2.53. The van der Waals surface area contributed by atoms with Crippen molar-refractivity contribution in [1.82, 2.24) is 4.98 Å². The molecule has 3 aliphatic rings. The highest BCUT2D eigenvalue weighted by molar-refractivity contribution is 7.22. The van der Waals surface area contributed by atoms with E-state index in [9.17, 15) is 9.59 Å². The molecular weight excluding hydrogens is 332 g/mol. The van der Waals surface area contributed by atoms with Gasteiger partial charge in [0.25, 0.3) is 0 Å². The van der Waals surface area contributed by atoms with Crippen LogP contribution in [0, 0.1) is 30.6 Å². The summed E-state index contributed by atoms with van der Waals surface area (Å²) in [5, 5.41) is 1.12. The van der Waals surface area contributed by atoms with Gasteiger partial charge >= 0.3 is 0 Å². The summed E-state index contributed by atoms with van der Waals surface area (Å²) in [7, 11) is 0. The largest absolute Gasteiger partial charge is 0.274 e. The van der Waals surface area contributed by atoms with Crippen molar-refractivity contribution in [3.63, 3.8) is 0 Å². The number of imide groups is 1. The molecule has 2 amide bonds. The number of hydrogen-bond acceptors (Lipinski definition) is 4. The predicted octanol–water partition coefficient (Wildman–Crippen LogP) is 3.57. The van der Waals surface area contributed by atoms with Crippen LogP contribution in [0.4, 0.5) is 5.13 Å². The second-order valence-corrected chi connectivity index (χ2v) is 7.99. The molecule has 0 unspecified atom stereocenters. The average Bonchev–Trinajstić information content (AvgIpc) is 3.24. The van der Waals surface area contributed by atoms with Crippen LogP contribution in [0.1, 0.15) is 12.0 Å². The number of aryl methyl sites for hydroxylation is 1. The van der Waals surface area contributed by atoms with Gasteiger partial charge in [-0.3, -0.25) is 9.59 Å². The lowest BCUT2D eigenvalue weighted by atomic mass is 9.85. The van der Waals surface area contributed by atoms with Gasteiger partial charge in [-0.05, 0) is 42.9 Å². The maximum absolute atomic E-state index is 12.8. The normalized spacial score (nSPS) is 31.7. The molecule has 1 saturated carbocycles. The summed E-state index contributed by atoms with van der Waals surface area (Å²) in [4.78, 5) is 31.4. The Balaban J connectivity index is 1.60. The Kier molecular flexibility index (Phi) is 2.63. The Bertz CT molecular complexity index is 850. The second kappa shape index (κ2) is 4.42. The van der Waals surface area contributed by atoms with Crippen LogP contribution in [0.3, 0.4) is 0 Å². The van der Waals surface area contributed by atoms with Crippen molar-refractivity contribution in [2.75, 3.05) is 4.90 Å². The standard InChI is InChI=1S/C17H13ClN2O2S/c1-7-4-12-11(6-10(7)18)19-17(23-12)20-15(21)13-8-2-3-9(5-8)14(13)16(20)22/h2-4,6,8-9,13-14H,5H2,1H3/t8-,9+,13-,14+. The number of benzene rings is 1. The minimum Gasteiger partial charge on any atom is -0.274 e. The van der Waals surface area contributed by atoms with E-state index >= 15 is 0 Å². The number of anilines is 1. The number of rotatable bonds is 1. The van der Waals surface area contributed by atoms with Crippen molar-refractivity contribution in [3.05, 3.63) is 34.9 Å². The number of thiazole rings is 1. The van der Waals surface area contributed by atoms with E-state index in [2.05, 4.69) is 17.1 Å². The molecule has 2 bridgehead atoms. The third-order valence-corrected chi connectivity index (χ3v) is 6.73. The van der Waals surface area contributed by atoms with Gasteiger partial charge in [0.1, 0.15) is 0 Å². The third-order valence-electron chi connectivity index (χ3n) is 5.32. The molecule has 1 aromatic heterocycles. The first-order chi connectivity index (χ1) is 11.0. The first-order valence-corrected chi connectivity index (χ1v) is 8.87. The van der Waals surface area contributed by atoms with Gasteiger partial charge in [-0.25, -0.2) is 9.88 Å². The summed E-state index contributed by atoms with van der Waals surface area (Å²) >= 11 is 7.53. The van der Waals surface area contributed by atoms with Crippen LogP contribution >= 0.6 is 22.9 Å². The molecule has 0 spiro atoms. The maximum atomic E-state index is 12.8. The van der Waals surface area contributed by atoms with Gasteiger partial charge in [0.05, 0.1) is 22.1 Å². The highest BCUT2D eigenvalue weighted by Gasteiger charge is 2.60. The maximum Gasteiger partial charge on any atom is 0.240 e. The minimum absolute atomic E-state index is 0.0845. The van der Waals surface area contributed by atoms with Crippen molar-refractivity contribution < 1.29 is 9.59 Å². The van der Waals surface area contributed by atoms with Crippen LogP contribution in [0.5, 0.6) is 0 Å². The lowest BCUT2D eigenvalue weighted by molar-refractivity contribution is -0.123. The van der Waals surface area contributed by atoms with Crippen LogP contribution in [-0.4, -0.2) is 16.8 Å². The van der Waals surface area contributed by atoms with Crippen molar-refractivity contribution in [2.24, 2.45) is 23.7 Å². The van der Waals surface area contributed by atoms with Crippen LogP contribution in [0.2, 0.25) is 5.02 Å². The van der Waals surface area contributed by atoms with Crippen molar-refractivity contribution in [1.29, 1.82) is 0 Å². The first kappa shape index (κ1) is 13.7. The first-order valence-electron chi connectivity index (χ1n) is 7.67. The quantitative estimate of drug-likeness (QED) is 0.587. The number of hydrogen-bond donors (Lipinski definition) is 0. The van der Waals surface area contributed by atoms with Gasteiger partial charge < -0.3 is 0 Å². The van der Waals surface area contributed by atoms with E-state index < -0.39 is 0 Å².